The summed E-state index contributed by atoms with van der Waals surface area (Å²) in [6, 6.07) is 10.4. The summed E-state index contributed by atoms with van der Waals surface area (Å²) in [6.07, 6.45) is 4.99. The smallest absolute Gasteiger partial charge is 0.258 e. The van der Waals surface area contributed by atoms with E-state index in [4.69, 9.17) is 32.4 Å². The summed E-state index contributed by atoms with van der Waals surface area (Å²) in [4.78, 5) is 16.1. The highest BCUT2D eigenvalue weighted by molar-refractivity contribution is 6.35. The van der Waals surface area contributed by atoms with E-state index in [0.29, 0.717) is 22.3 Å². The molecule has 0 aliphatic carbocycles. The second-order valence-electron chi connectivity index (χ2n) is 5.20. The van der Waals surface area contributed by atoms with Crippen LogP contribution in [0.3, 0.4) is 0 Å². The number of halogens is 2. The van der Waals surface area contributed by atoms with Gasteiger partial charge in [0, 0.05) is 29.5 Å². The molecule has 0 bridgehead atoms. The van der Waals surface area contributed by atoms with Crippen molar-refractivity contribution in [3.05, 3.63) is 70.7 Å². The molecule has 0 aliphatic heterocycles. The van der Waals surface area contributed by atoms with Crippen LogP contribution >= 0.6 is 23.2 Å². The van der Waals surface area contributed by atoms with Crippen LogP contribution in [0.4, 0.5) is 0 Å². The Morgan fingerprint density at radius 1 is 1.20 bits per heavy atom. The zero-order chi connectivity index (χ0) is 17.6. The van der Waals surface area contributed by atoms with E-state index in [-0.39, 0.29) is 12.5 Å². The van der Waals surface area contributed by atoms with Crippen molar-refractivity contribution in [3.63, 3.8) is 0 Å². The number of hydrogen-bond acceptors (Lipinski definition) is 4. The first-order chi connectivity index (χ1) is 12.1. The average molecular weight is 377 g/mol. The molecule has 0 atom stereocenters. The summed E-state index contributed by atoms with van der Waals surface area (Å²) in [7, 11) is 0. The van der Waals surface area contributed by atoms with Gasteiger partial charge in [0.05, 0.1) is 11.3 Å². The molecule has 1 aromatic carbocycles. The minimum absolute atomic E-state index is 0.146. The van der Waals surface area contributed by atoms with E-state index in [1.165, 1.54) is 0 Å². The molecule has 0 aliphatic rings. The van der Waals surface area contributed by atoms with Crippen molar-refractivity contribution in [2.75, 3.05) is 6.61 Å². The lowest BCUT2D eigenvalue weighted by atomic mass is 10.1. The number of hydrogen-bond donors (Lipinski definition) is 1. The van der Waals surface area contributed by atoms with Crippen molar-refractivity contribution in [2.24, 2.45) is 0 Å². The lowest BCUT2D eigenvalue weighted by Gasteiger charge is -2.09. The number of ether oxygens (including phenoxy) is 1. The second kappa shape index (κ2) is 8.05. The molecule has 0 fully saturated rings. The fourth-order valence-electron chi connectivity index (χ4n) is 2.15. The van der Waals surface area contributed by atoms with Crippen molar-refractivity contribution in [3.8, 4) is 17.1 Å². The normalized spacial score (nSPS) is 10.5. The lowest BCUT2D eigenvalue weighted by molar-refractivity contribution is -0.123. The standard InChI is InChI=1S/C18H14Cl2N2O3/c19-14-3-4-17(15(20)7-14)25-11-18(23)22-9-12-6-13(10-21-8-12)16-2-1-5-24-16/h1-8,10H,9,11H2,(H,22,23). The monoisotopic (exact) mass is 376 g/mol. The first kappa shape index (κ1) is 17.3. The molecule has 0 radical (unpaired) electrons. The van der Waals surface area contributed by atoms with Crippen LogP contribution in [0.2, 0.25) is 10.0 Å². The number of nitrogens with one attached hydrogen (secondary N) is 1. The Kier molecular flexibility index (Phi) is 5.58. The van der Waals surface area contributed by atoms with E-state index in [0.717, 1.165) is 16.9 Å². The molecule has 3 rings (SSSR count). The number of carbonyl (C=O) groups is 1. The van der Waals surface area contributed by atoms with Gasteiger partial charge in [-0.1, -0.05) is 23.2 Å². The fourth-order valence-corrected chi connectivity index (χ4v) is 2.61. The topological polar surface area (TPSA) is 64.4 Å². The Morgan fingerprint density at radius 3 is 2.84 bits per heavy atom. The van der Waals surface area contributed by atoms with Gasteiger partial charge in [-0.2, -0.15) is 0 Å². The number of nitrogens with zero attached hydrogens (tertiary/aromatic N) is 1. The van der Waals surface area contributed by atoms with Crippen LogP contribution in [0, 0.1) is 0 Å². The predicted octanol–water partition coefficient (Wildman–Crippen LogP) is 4.34. The number of amides is 1. The number of rotatable bonds is 6. The van der Waals surface area contributed by atoms with Crippen molar-refractivity contribution in [1.29, 1.82) is 0 Å². The molecule has 0 saturated carbocycles. The van der Waals surface area contributed by atoms with Gasteiger partial charge < -0.3 is 14.5 Å². The van der Waals surface area contributed by atoms with Gasteiger partial charge >= 0.3 is 0 Å². The van der Waals surface area contributed by atoms with E-state index in [1.54, 1.807) is 36.9 Å². The van der Waals surface area contributed by atoms with E-state index < -0.39 is 0 Å². The van der Waals surface area contributed by atoms with Crippen LogP contribution in [-0.4, -0.2) is 17.5 Å². The first-order valence-electron chi connectivity index (χ1n) is 7.44. The van der Waals surface area contributed by atoms with Crippen molar-refractivity contribution >= 4 is 29.1 Å². The Bertz CT molecular complexity index is 867. The van der Waals surface area contributed by atoms with E-state index >= 15 is 0 Å². The van der Waals surface area contributed by atoms with E-state index in [2.05, 4.69) is 10.3 Å². The van der Waals surface area contributed by atoms with Gasteiger partial charge in [0.15, 0.2) is 6.61 Å². The first-order valence-corrected chi connectivity index (χ1v) is 8.20. The third kappa shape index (κ3) is 4.75. The summed E-state index contributed by atoms with van der Waals surface area (Å²) in [5, 5.41) is 3.63. The van der Waals surface area contributed by atoms with Crippen LogP contribution < -0.4 is 10.1 Å². The maximum absolute atomic E-state index is 11.9. The molecule has 0 spiro atoms. The second-order valence-corrected chi connectivity index (χ2v) is 6.04. The molecule has 25 heavy (non-hydrogen) atoms. The summed E-state index contributed by atoms with van der Waals surface area (Å²) in [5.74, 6) is 0.860. The quantitative estimate of drug-likeness (QED) is 0.694. The third-order valence-corrected chi connectivity index (χ3v) is 3.87. The Balaban J connectivity index is 1.53. The largest absolute Gasteiger partial charge is 0.482 e. The van der Waals surface area contributed by atoms with E-state index in [9.17, 15) is 4.79 Å². The van der Waals surface area contributed by atoms with Crippen molar-refractivity contribution in [1.82, 2.24) is 10.3 Å². The molecule has 1 N–H and O–H groups in total. The van der Waals surface area contributed by atoms with Gasteiger partial charge in [-0.25, -0.2) is 0 Å². The van der Waals surface area contributed by atoms with Gasteiger partial charge in [0.2, 0.25) is 0 Å². The molecule has 2 aromatic heterocycles. The highest BCUT2D eigenvalue weighted by Gasteiger charge is 2.08. The van der Waals surface area contributed by atoms with Gasteiger partial charge in [-0.15, -0.1) is 0 Å². The molecule has 3 aromatic rings. The molecule has 0 unspecified atom stereocenters. The summed E-state index contributed by atoms with van der Waals surface area (Å²) in [6.45, 7) is 0.185. The van der Waals surface area contributed by atoms with Crippen molar-refractivity contribution < 1.29 is 13.9 Å². The minimum Gasteiger partial charge on any atom is -0.482 e. The number of pyridine rings is 1. The Labute approximate surface area is 154 Å². The minimum atomic E-state index is -0.269. The maximum atomic E-state index is 11.9. The third-order valence-electron chi connectivity index (χ3n) is 3.34. The average Bonchev–Trinajstić information content (AvgIpc) is 3.14. The molecular weight excluding hydrogens is 363 g/mol. The zero-order valence-corrected chi connectivity index (χ0v) is 14.6. The summed E-state index contributed by atoms with van der Waals surface area (Å²) < 4.78 is 10.7. The Morgan fingerprint density at radius 2 is 2.08 bits per heavy atom. The molecule has 7 heteroatoms. The van der Waals surface area contributed by atoms with E-state index in [1.807, 2.05) is 18.2 Å². The van der Waals surface area contributed by atoms with Crippen LogP contribution in [0.1, 0.15) is 5.56 Å². The van der Waals surface area contributed by atoms with Gasteiger partial charge in [0.25, 0.3) is 5.91 Å². The number of furan rings is 1. The SMILES string of the molecule is O=C(COc1ccc(Cl)cc1Cl)NCc1cncc(-c2ccco2)c1. The molecule has 0 saturated heterocycles. The maximum Gasteiger partial charge on any atom is 0.258 e. The molecule has 2 heterocycles. The summed E-state index contributed by atoms with van der Waals surface area (Å²) in [5.41, 5.74) is 1.70. The van der Waals surface area contributed by atoms with Gasteiger partial charge in [-0.3, -0.25) is 9.78 Å². The van der Waals surface area contributed by atoms with Crippen LogP contribution in [0.25, 0.3) is 11.3 Å². The zero-order valence-electron chi connectivity index (χ0n) is 13.0. The summed E-state index contributed by atoms with van der Waals surface area (Å²) >= 11 is 11.8. The molecule has 128 valence electrons. The highest BCUT2D eigenvalue weighted by Crippen LogP contribution is 2.27. The lowest BCUT2D eigenvalue weighted by Crippen LogP contribution is -2.28. The number of aromatic nitrogens is 1. The van der Waals surface area contributed by atoms with Crippen LogP contribution in [0.5, 0.6) is 5.75 Å². The van der Waals surface area contributed by atoms with Gasteiger partial charge in [-0.05, 0) is 42.0 Å². The van der Waals surface area contributed by atoms with Gasteiger partial charge in [0.1, 0.15) is 11.5 Å². The fraction of sp³-hybridized carbons (Fsp3) is 0.111. The highest BCUT2D eigenvalue weighted by atomic mass is 35.5. The number of benzene rings is 1. The van der Waals surface area contributed by atoms with Crippen LogP contribution in [-0.2, 0) is 11.3 Å². The number of carbonyl (C=O) groups excluding carboxylic acids is 1. The molecule has 5 nitrogen and oxygen atoms in total. The Hall–Kier alpha value is -2.50. The molecule has 1 amide bonds. The predicted molar refractivity (Wildman–Crippen MR) is 95.7 cm³/mol. The molecular formula is C18H14Cl2N2O3. The van der Waals surface area contributed by atoms with Crippen LogP contribution in [0.15, 0.2) is 59.5 Å². The van der Waals surface area contributed by atoms with Crippen molar-refractivity contribution in [2.45, 2.75) is 6.54 Å².